The van der Waals surface area contributed by atoms with Crippen molar-refractivity contribution in [3.05, 3.63) is 64.2 Å². The minimum Gasteiger partial charge on any atom is -0.482 e. The molecule has 0 bridgehead atoms. The molecule has 0 amide bonds. The third-order valence-corrected chi connectivity index (χ3v) is 4.88. The molecule has 2 aromatic rings. The van der Waals surface area contributed by atoms with Gasteiger partial charge < -0.3 is 9.84 Å². The summed E-state index contributed by atoms with van der Waals surface area (Å²) in [5, 5.41) is 8.78. The fourth-order valence-corrected chi connectivity index (χ4v) is 3.57. The van der Waals surface area contributed by atoms with Crippen LogP contribution in [0.3, 0.4) is 0 Å². The first-order valence-corrected chi connectivity index (χ1v) is 8.10. The minimum atomic E-state index is -0.952. The number of aliphatic carboxylic acids is 1. The van der Waals surface area contributed by atoms with Gasteiger partial charge in [0.15, 0.2) is 6.61 Å². The highest BCUT2D eigenvalue weighted by molar-refractivity contribution is 5.68. The van der Waals surface area contributed by atoms with E-state index in [0.29, 0.717) is 11.7 Å². The number of hydrogen-bond acceptors (Lipinski definition) is 2. The topological polar surface area (TPSA) is 46.5 Å². The molecule has 1 aliphatic rings. The molecule has 1 atom stereocenters. The van der Waals surface area contributed by atoms with Crippen LogP contribution < -0.4 is 4.74 Å². The quantitative estimate of drug-likeness (QED) is 0.919. The zero-order valence-corrected chi connectivity index (χ0v) is 13.6. The number of fused-ring (bicyclic) bond motifs is 1. The van der Waals surface area contributed by atoms with Gasteiger partial charge in [-0.05, 0) is 67.0 Å². The van der Waals surface area contributed by atoms with E-state index in [9.17, 15) is 4.79 Å². The summed E-state index contributed by atoms with van der Waals surface area (Å²) in [6.45, 7) is 3.81. The zero-order chi connectivity index (χ0) is 16.4. The Kier molecular flexibility index (Phi) is 4.37. The van der Waals surface area contributed by atoms with Gasteiger partial charge in [-0.2, -0.15) is 0 Å². The number of carboxylic acids is 1. The van der Waals surface area contributed by atoms with Crippen molar-refractivity contribution in [3.8, 4) is 5.75 Å². The van der Waals surface area contributed by atoms with E-state index in [4.69, 9.17) is 9.84 Å². The van der Waals surface area contributed by atoms with Crippen LogP contribution in [-0.2, 0) is 11.2 Å². The van der Waals surface area contributed by atoms with Crippen LogP contribution in [0, 0.1) is 13.8 Å². The molecule has 1 unspecified atom stereocenters. The first-order chi connectivity index (χ1) is 11.1. The highest BCUT2D eigenvalue weighted by Gasteiger charge is 2.23. The van der Waals surface area contributed by atoms with Gasteiger partial charge in [0.25, 0.3) is 0 Å². The van der Waals surface area contributed by atoms with Crippen molar-refractivity contribution in [2.75, 3.05) is 6.61 Å². The molecule has 0 saturated heterocycles. The Morgan fingerprint density at radius 1 is 1.13 bits per heavy atom. The summed E-state index contributed by atoms with van der Waals surface area (Å²) in [6, 6.07) is 12.7. The van der Waals surface area contributed by atoms with Gasteiger partial charge in [0.05, 0.1) is 0 Å². The number of carboxylic acid groups (broad SMARTS) is 1. The van der Waals surface area contributed by atoms with Crippen LogP contribution in [0.2, 0.25) is 0 Å². The predicted molar refractivity (Wildman–Crippen MR) is 90.3 cm³/mol. The second-order valence-electron chi connectivity index (χ2n) is 6.23. The van der Waals surface area contributed by atoms with Crippen LogP contribution in [-0.4, -0.2) is 17.7 Å². The summed E-state index contributed by atoms with van der Waals surface area (Å²) in [7, 11) is 0. The van der Waals surface area contributed by atoms with Crippen LogP contribution in [0.15, 0.2) is 36.4 Å². The third kappa shape index (κ3) is 3.09. The molecule has 0 fully saturated rings. The fraction of sp³-hybridized carbons (Fsp3) is 0.350. The molecular weight excluding hydrogens is 288 g/mol. The van der Waals surface area contributed by atoms with Gasteiger partial charge >= 0.3 is 5.97 Å². The molecular formula is C20H22O3. The van der Waals surface area contributed by atoms with Crippen molar-refractivity contribution < 1.29 is 14.6 Å². The zero-order valence-electron chi connectivity index (χ0n) is 13.6. The molecule has 3 nitrogen and oxygen atoms in total. The Morgan fingerprint density at radius 3 is 2.70 bits per heavy atom. The fourth-order valence-electron chi connectivity index (χ4n) is 3.57. The Hall–Kier alpha value is -2.29. The van der Waals surface area contributed by atoms with Crippen LogP contribution in [0.4, 0.5) is 0 Å². The number of ether oxygens (including phenoxy) is 1. The number of aryl methyl sites for hydroxylation is 1. The molecule has 0 spiro atoms. The second-order valence-corrected chi connectivity index (χ2v) is 6.23. The van der Waals surface area contributed by atoms with Crippen molar-refractivity contribution in [2.24, 2.45) is 0 Å². The van der Waals surface area contributed by atoms with E-state index in [0.717, 1.165) is 18.4 Å². The van der Waals surface area contributed by atoms with Crippen LogP contribution in [0.5, 0.6) is 5.75 Å². The lowest BCUT2D eigenvalue weighted by atomic mass is 9.77. The van der Waals surface area contributed by atoms with Gasteiger partial charge in [-0.1, -0.05) is 30.3 Å². The highest BCUT2D eigenvalue weighted by Crippen LogP contribution is 2.39. The SMILES string of the molecule is Cc1c(OCC(=O)O)ccc(C2CCCc3ccccc32)c1C. The van der Waals surface area contributed by atoms with E-state index < -0.39 is 5.97 Å². The van der Waals surface area contributed by atoms with Crippen LogP contribution in [0.25, 0.3) is 0 Å². The first-order valence-electron chi connectivity index (χ1n) is 8.10. The average Bonchev–Trinajstić information content (AvgIpc) is 2.56. The maximum absolute atomic E-state index is 10.7. The van der Waals surface area contributed by atoms with Gasteiger partial charge in [0.1, 0.15) is 5.75 Å². The molecule has 3 heteroatoms. The lowest BCUT2D eigenvalue weighted by Crippen LogP contribution is -2.14. The number of carbonyl (C=O) groups is 1. The smallest absolute Gasteiger partial charge is 0.341 e. The van der Waals surface area contributed by atoms with Gasteiger partial charge in [0.2, 0.25) is 0 Å². The molecule has 0 aliphatic heterocycles. The summed E-state index contributed by atoms with van der Waals surface area (Å²) in [6.07, 6.45) is 3.52. The van der Waals surface area contributed by atoms with Gasteiger partial charge in [-0.15, -0.1) is 0 Å². The molecule has 0 saturated carbocycles. The van der Waals surface area contributed by atoms with Crippen molar-refractivity contribution in [3.63, 3.8) is 0 Å². The maximum atomic E-state index is 10.7. The predicted octanol–water partition coefficient (Wildman–Crippen LogP) is 4.24. The first kappa shape index (κ1) is 15.6. The third-order valence-electron chi connectivity index (χ3n) is 4.88. The van der Waals surface area contributed by atoms with E-state index in [1.54, 1.807) is 0 Å². The molecule has 23 heavy (non-hydrogen) atoms. The molecule has 3 rings (SSSR count). The molecule has 120 valence electrons. The van der Waals surface area contributed by atoms with Crippen molar-refractivity contribution in [1.82, 2.24) is 0 Å². The lowest BCUT2D eigenvalue weighted by Gasteiger charge is -2.28. The maximum Gasteiger partial charge on any atom is 0.341 e. The minimum absolute atomic E-state index is 0.300. The second kappa shape index (κ2) is 6.45. The molecule has 0 aromatic heterocycles. The van der Waals surface area contributed by atoms with E-state index in [1.165, 1.54) is 28.7 Å². The largest absolute Gasteiger partial charge is 0.482 e. The van der Waals surface area contributed by atoms with Crippen LogP contribution in [0.1, 0.15) is 46.6 Å². The molecule has 2 aromatic carbocycles. The Balaban J connectivity index is 1.96. The standard InChI is InChI=1S/C20H22O3/c1-13-14(2)19(23-12-20(21)22)11-10-16(13)18-9-5-7-15-6-3-4-8-17(15)18/h3-4,6,8,10-11,18H,5,7,9,12H2,1-2H3,(H,21,22). The van der Waals surface area contributed by atoms with Crippen molar-refractivity contribution >= 4 is 5.97 Å². The number of rotatable bonds is 4. The summed E-state index contributed by atoms with van der Waals surface area (Å²) >= 11 is 0. The molecule has 0 radical (unpaired) electrons. The van der Waals surface area contributed by atoms with E-state index >= 15 is 0 Å². The Labute approximate surface area is 136 Å². The number of benzene rings is 2. The van der Waals surface area contributed by atoms with Gasteiger partial charge in [0, 0.05) is 5.92 Å². The van der Waals surface area contributed by atoms with Crippen molar-refractivity contribution in [1.29, 1.82) is 0 Å². The van der Waals surface area contributed by atoms with Crippen LogP contribution >= 0.6 is 0 Å². The van der Waals surface area contributed by atoms with Gasteiger partial charge in [-0.25, -0.2) is 4.79 Å². The summed E-state index contributed by atoms with van der Waals surface area (Å²) in [4.78, 5) is 10.7. The van der Waals surface area contributed by atoms with E-state index in [1.807, 2.05) is 13.0 Å². The van der Waals surface area contributed by atoms with Crippen molar-refractivity contribution in [2.45, 2.75) is 39.0 Å². The van der Waals surface area contributed by atoms with E-state index in [-0.39, 0.29) is 6.61 Å². The lowest BCUT2D eigenvalue weighted by molar-refractivity contribution is -0.139. The highest BCUT2D eigenvalue weighted by atomic mass is 16.5. The molecule has 1 aliphatic carbocycles. The summed E-state index contributed by atoms with van der Waals surface area (Å²) in [5.41, 5.74) is 6.45. The Bertz CT molecular complexity index is 734. The molecule has 1 N–H and O–H groups in total. The number of hydrogen-bond donors (Lipinski definition) is 1. The van der Waals surface area contributed by atoms with Gasteiger partial charge in [-0.3, -0.25) is 0 Å². The monoisotopic (exact) mass is 310 g/mol. The normalized spacial score (nSPS) is 16.7. The Morgan fingerprint density at radius 2 is 1.91 bits per heavy atom. The average molecular weight is 310 g/mol. The summed E-state index contributed by atoms with van der Waals surface area (Å²) in [5.74, 6) is 0.136. The summed E-state index contributed by atoms with van der Waals surface area (Å²) < 4.78 is 5.39. The van der Waals surface area contributed by atoms with E-state index in [2.05, 4.69) is 37.3 Å². The molecule has 0 heterocycles.